The number of benzene rings is 1. The molecule has 2 heterocycles. The molecule has 0 saturated carbocycles. The molecular weight excluding hydrogens is 327 g/mol. The highest BCUT2D eigenvalue weighted by molar-refractivity contribution is 6.33. The Bertz CT molecular complexity index is 720. The summed E-state index contributed by atoms with van der Waals surface area (Å²) < 4.78 is 19.7. The minimum absolute atomic E-state index is 0.0773. The van der Waals surface area contributed by atoms with Crippen LogP contribution in [0.1, 0.15) is 18.4 Å². The highest BCUT2D eigenvalue weighted by atomic mass is 35.5. The summed E-state index contributed by atoms with van der Waals surface area (Å²) in [5.74, 6) is -0.980. The third-order valence-electron chi connectivity index (χ3n) is 3.76. The summed E-state index contributed by atoms with van der Waals surface area (Å²) in [7, 11) is 0. The molecule has 1 aromatic carbocycles. The summed E-state index contributed by atoms with van der Waals surface area (Å²) in [6, 6.07) is 1.42. The van der Waals surface area contributed by atoms with E-state index in [2.05, 4.69) is 5.32 Å². The van der Waals surface area contributed by atoms with Crippen LogP contribution in [0.2, 0.25) is 5.02 Å². The van der Waals surface area contributed by atoms with Crippen LogP contribution >= 0.6 is 11.6 Å². The molecule has 0 aromatic heterocycles. The molecular formula is C15H14ClFN2O4. The molecule has 2 amide bonds. The number of nitrogens with zero attached hydrogens (tertiary/aromatic N) is 1. The number of nitrogens with one attached hydrogen (secondary N) is 1. The van der Waals surface area contributed by atoms with Crippen molar-refractivity contribution in [2.24, 2.45) is 0 Å². The molecule has 23 heavy (non-hydrogen) atoms. The van der Waals surface area contributed by atoms with Gasteiger partial charge in [-0.3, -0.25) is 4.79 Å². The minimum atomic E-state index is -1.000. The van der Waals surface area contributed by atoms with Crippen molar-refractivity contribution in [3.63, 3.8) is 0 Å². The molecule has 122 valence electrons. The SMILES string of the molecule is O=C1COc2c(Cl)cc(C=C3CCCN(C(=O)O)C3)c(F)c2N1. The van der Waals surface area contributed by atoms with Crippen molar-refractivity contribution < 1.29 is 23.8 Å². The van der Waals surface area contributed by atoms with Gasteiger partial charge in [0.1, 0.15) is 5.69 Å². The summed E-state index contributed by atoms with van der Waals surface area (Å²) >= 11 is 6.09. The van der Waals surface area contributed by atoms with Crippen LogP contribution in [0.5, 0.6) is 5.75 Å². The molecule has 0 atom stereocenters. The molecule has 1 fully saturated rings. The second kappa shape index (κ2) is 6.08. The van der Waals surface area contributed by atoms with Gasteiger partial charge >= 0.3 is 6.09 Å². The van der Waals surface area contributed by atoms with Gasteiger partial charge in [-0.05, 0) is 24.5 Å². The van der Waals surface area contributed by atoms with Crippen LogP contribution in [-0.4, -0.2) is 41.7 Å². The zero-order chi connectivity index (χ0) is 16.6. The fourth-order valence-electron chi connectivity index (χ4n) is 2.70. The second-order valence-electron chi connectivity index (χ2n) is 5.41. The smallest absolute Gasteiger partial charge is 0.407 e. The quantitative estimate of drug-likeness (QED) is 0.823. The molecule has 3 rings (SSSR count). The van der Waals surface area contributed by atoms with Gasteiger partial charge < -0.3 is 20.1 Å². The van der Waals surface area contributed by atoms with Crippen molar-refractivity contribution in [2.45, 2.75) is 12.8 Å². The van der Waals surface area contributed by atoms with Crippen molar-refractivity contribution in [1.82, 2.24) is 4.90 Å². The summed E-state index contributed by atoms with van der Waals surface area (Å²) in [6.45, 7) is 0.483. The lowest BCUT2D eigenvalue weighted by atomic mass is 10.0. The third-order valence-corrected chi connectivity index (χ3v) is 4.04. The van der Waals surface area contributed by atoms with Crippen LogP contribution in [0.4, 0.5) is 14.9 Å². The normalized spacial score (nSPS) is 19.1. The summed E-state index contributed by atoms with van der Waals surface area (Å²) in [5.41, 5.74) is 0.907. The van der Waals surface area contributed by atoms with E-state index in [0.717, 1.165) is 5.57 Å². The zero-order valence-corrected chi connectivity index (χ0v) is 12.8. The van der Waals surface area contributed by atoms with Crippen LogP contribution in [0.3, 0.4) is 0 Å². The lowest BCUT2D eigenvalue weighted by Crippen LogP contribution is -2.35. The summed E-state index contributed by atoms with van der Waals surface area (Å²) in [6.07, 6.45) is 1.94. The van der Waals surface area contributed by atoms with E-state index in [1.54, 1.807) is 6.08 Å². The van der Waals surface area contributed by atoms with Gasteiger partial charge in [0, 0.05) is 18.7 Å². The Kier molecular flexibility index (Phi) is 4.12. The van der Waals surface area contributed by atoms with Crippen molar-refractivity contribution >= 4 is 35.4 Å². The van der Waals surface area contributed by atoms with Crippen molar-refractivity contribution in [2.75, 3.05) is 25.0 Å². The number of fused-ring (bicyclic) bond motifs is 1. The van der Waals surface area contributed by atoms with Crippen molar-refractivity contribution in [1.29, 1.82) is 0 Å². The van der Waals surface area contributed by atoms with Gasteiger partial charge in [-0.15, -0.1) is 0 Å². The van der Waals surface area contributed by atoms with Gasteiger partial charge in [0.25, 0.3) is 5.91 Å². The fraction of sp³-hybridized carbons (Fsp3) is 0.333. The number of carboxylic acid groups (broad SMARTS) is 1. The van der Waals surface area contributed by atoms with Crippen LogP contribution in [0.25, 0.3) is 6.08 Å². The number of carbonyl (C=O) groups is 2. The Morgan fingerprint density at radius 3 is 3.04 bits per heavy atom. The first-order valence-electron chi connectivity index (χ1n) is 7.07. The molecule has 1 saturated heterocycles. The Morgan fingerprint density at radius 1 is 1.52 bits per heavy atom. The predicted molar refractivity (Wildman–Crippen MR) is 82.3 cm³/mol. The molecule has 8 heteroatoms. The Morgan fingerprint density at radius 2 is 2.30 bits per heavy atom. The van der Waals surface area contributed by atoms with Gasteiger partial charge in [-0.2, -0.15) is 0 Å². The molecule has 2 N–H and O–H groups in total. The first kappa shape index (κ1) is 15.6. The van der Waals surface area contributed by atoms with Crippen LogP contribution in [0.15, 0.2) is 11.6 Å². The first-order valence-corrected chi connectivity index (χ1v) is 7.45. The molecule has 2 aliphatic heterocycles. The molecule has 0 aliphatic carbocycles. The summed E-state index contributed by atoms with van der Waals surface area (Å²) in [5, 5.41) is 11.7. The summed E-state index contributed by atoms with van der Waals surface area (Å²) in [4.78, 5) is 23.7. The number of rotatable bonds is 1. The standard InChI is InChI=1S/C15H14ClFN2O4/c16-10-5-9(4-8-2-1-3-19(6-8)15(21)22)12(17)13-14(10)23-7-11(20)18-13/h4-5H,1-3,6-7H2,(H,18,20)(H,21,22). The minimum Gasteiger partial charge on any atom is -0.480 e. The van der Waals surface area contributed by atoms with Gasteiger partial charge in [-0.25, -0.2) is 9.18 Å². The Balaban J connectivity index is 1.96. The number of likely N-dealkylation sites (tertiary alicyclic amines) is 1. The number of amides is 2. The van der Waals surface area contributed by atoms with E-state index in [1.165, 1.54) is 11.0 Å². The van der Waals surface area contributed by atoms with E-state index in [9.17, 15) is 14.0 Å². The second-order valence-corrected chi connectivity index (χ2v) is 5.82. The van der Waals surface area contributed by atoms with Gasteiger partial charge in [0.2, 0.25) is 0 Å². The van der Waals surface area contributed by atoms with Crippen molar-refractivity contribution in [3.8, 4) is 5.75 Å². The predicted octanol–water partition coefficient (Wildman–Crippen LogP) is 2.97. The number of anilines is 1. The molecule has 0 bridgehead atoms. The fourth-order valence-corrected chi connectivity index (χ4v) is 2.97. The molecule has 1 aromatic rings. The average molecular weight is 341 g/mol. The van der Waals surface area contributed by atoms with Gasteiger partial charge in [0.15, 0.2) is 18.2 Å². The van der Waals surface area contributed by atoms with Crippen molar-refractivity contribution in [3.05, 3.63) is 28.0 Å². The Labute approximate surface area is 136 Å². The monoisotopic (exact) mass is 340 g/mol. The lowest BCUT2D eigenvalue weighted by Gasteiger charge is -2.26. The van der Waals surface area contributed by atoms with Gasteiger partial charge in [-0.1, -0.05) is 17.7 Å². The van der Waals surface area contributed by atoms with E-state index in [1.807, 2.05) is 0 Å². The first-order chi connectivity index (χ1) is 11.0. The maximum absolute atomic E-state index is 14.6. The third kappa shape index (κ3) is 3.10. The maximum atomic E-state index is 14.6. The number of hydrogen-bond donors (Lipinski definition) is 2. The van der Waals surface area contributed by atoms with Crippen LogP contribution < -0.4 is 10.1 Å². The van der Waals surface area contributed by atoms with Gasteiger partial charge in [0.05, 0.1) is 5.02 Å². The largest absolute Gasteiger partial charge is 0.480 e. The molecule has 0 unspecified atom stereocenters. The highest BCUT2D eigenvalue weighted by Crippen LogP contribution is 2.40. The molecule has 6 nitrogen and oxygen atoms in total. The highest BCUT2D eigenvalue weighted by Gasteiger charge is 2.25. The number of hydrogen-bond acceptors (Lipinski definition) is 3. The molecule has 0 spiro atoms. The number of carbonyl (C=O) groups excluding carboxylic acids is 1. The van der Waals surface area contributed by atoms with E-state index in [4.69, 9.17) is 21.4 Å². The topological polar surface area (TPSA) is 78.9 Å². The molecule has 0 radical (unpaired) electrons. The Hall–Kier alpha value is -2.28. The average Bonchev–Trinajstić information content (AvgIpc) is 2.52. The van der Waals surface area contributed by atoms with Crippen LogP contribution in [0, 0.1) is 5.82 Å². The van der Waals surface area contributed by atoms with E-state index in [0.29, 0.717) is 19.4 Å². The number of halogens is 2. The molecule has 2 aliphatic rings. The zero-order valence-electron chi connectivity index (χ0n) is 12.1. The maximum Gasteiger partial charge on any atom is 0.407 e. The van der Waals surface area contributed by atoms with E-state index in [-0.39, 0.29) is 35.2 Å². The number of ether oxygens (including phenoxy) is 1. The van der Waals surface area contributed by atoms with E-state index < -0.39 is 17.8 Å². The van der Waals surface area contributed by atoms with Crippen LogP contribution in [-0.2, 0) is 4.79 Å². The van der Waals surface area contributed by atoms with E-state index >= 15 is 0 Å². The lowest BCUT2D eigenvalue weighted by molar-refractivity contribution is -0.118. The number of piperidine rings is 1.